The second-order valence-electron chi connectivity index (χ2n) is 6.24. The normalized spacial score (nSPS) is 17.7. The number of carboxylic acids is 1. The van der Waals surface area contributed by atoms with Crippen LogP contribution in [0.5, 0.6) is 5.75 Å². The average molecular weight is 432 g/mol. The summed E-state index contributed by atoms with van der Waals surface area (Å²) in [4.78, 5) is 22.5. The number of nitrogens with zero attached hydrogens (tertiary/aromatic N) is 2. The molecule has 0 radical (unpaired) electrons. The van der Waals surface area contributed by atoms with Gasteiger partial charge in [0.25, 0.3) is 0 Å². The van der Waals surface area contributed by atoms with E-state index in [-0.39, 0.29) is 11.6 Å². The minimum atomic E-state index is -1.04. The average Bonchev–Trinajstić information content (AvgIpc) is 3.01. The number of amides is 1. The molecule has 3 rings (SSSR count). The molecule has 1 aliphatic rings. The number of thioether (sulfide) groups is 1. The van der Waals surface area contributed by atoms with Gasteiger partial charge in [-0.25, -0.2) is 0 Å². The Bertz CT molecular complexity index is 993. The van der Waals surface area contributed by atoms with Crippen LogP contribution >= 0.6 is 23.4 Å². The predicted molar refractivity (Wildman–Crippen MR) is 114 cm³/mol. The molecule has 2 N–H and O–H groups in total. The molecule has 0 bridgehead atoms. The van der Waals surface area contributed by atoms with Gasteiger partial charge < -0.3 is 15.2 Å². The lowest BCUT2D eigenvalue weighted by Crippen LogP contribution is -2.26. The number of carbonyl (C=O) groups excluding carboxylic acids is 1. The topological polar surface area (TPSA) is 100 Å². The van der Waals surface area contributed by atoms with Crippen molar-refractivity contribution >= 4 is 46.6 Å². The van der Waals surface area contributed by atoms with Crippen LogP contribution in [-0.2, 0) is 16.2 Å². The van der Waals surface area contributed by atoms with Crippen molar-refractivity contribution in [1.29, 1.82) is 0 Å². The summed E-state index contributed by atoms with van der Waals surface area (Å²) in [6.45, 7) is 2.41. The van der Waals surface area contributed by atoms with Crippen LogP contribution in [0.1, 0.15) is 23.1 Å². The number of hydrogen-bond acceptors (Lipinski definition) is 6. The molecule has 1 aliphatic heterocycles. The molecule has 1 fully saturated rings. The van der Waals surface area contributed by atoms with E-state index in [2.05, 4.69) is 15.5 Å². The van der Waals surface area contributed by atoms with Crippen LogP contribution in [-0.4, -0.2) is 33.6 Å². The molecule has 0 aliphatic carbocycles. The molecule has 150 valence electrons. The Balaban J connectivity index is 1.70. The first-order valence-electron chi connectivity index (χ1n) is 8.69. The number of nitrogens with one attached hydrogen (secondary N) is 1. The Labute approximate surface area is 176 Å². The van der Waals surface area contributed by atoms with Crippen LogP contribution < -0.4 is 10.1 Å². The van der Waals surface area contributed by atoms with E-state index in [1.54, 1.807) is 18.2 Å². The lowest BCUT2D eigenvalue weighted by molar-refractivity contribution is -0.138. The van der Waals surface area contributed by atoms with Gasteiger partial charge in [-0.3, -0.25) is 9.59 Å². The van der Waals surface area contributed by atoms with Crippen molar-refractivity contribution in [2.75, 3.05) is 0 Å². The van der Waals surface area contributed by atoms with Gasteiger partial charge in [-0.15, -0.1) is 5.10 Å². The third kappa shape index (κ3) is 5.82. The minimum absolute atomic E-state index is 0.252. The zero-order chi connectivity index (χ0) is 20.8. The maximum absolute atomic E-state index is 11.7. The monoisotopic (exact) mass is 431 g/mol. The van der Waals surface area contributed by atoms with E-state index in [1.165, 1.54) is 6.21 Å². The predicted octanol–water partition coefficient (Wildman–Crippen LogP) is 3.62. The highest BCUT2D eigenvalue weighted by Crippen LogP contribution is 2.24. The number of carbonyl (C=O) groups is 2. The quantitative estimate of drug-likeness (QED) is 0.515. The maximum atomic E-state index is 11.7. The number of amidine groups is 1. The molecule has 1 saturated heterocycles. The number of ether oxygens (including phenoxy) is 1. The van der Waals surface area contributed by atoms with Gasteiger partial charge in [0.05, 0.1) is 12.6 Å². The van der Waals surface area contributed by atoms with E-state index in [9.17, 15) is 9.59 Å². The molecule has 1 heterocycles. The molecule has 0 aromatic heterocycles. The molecular formula is C20H18ClN3O4S. The van der Waals surface area contributed by atoms with Crippen molar-refractivity contribution in [2.24, 2.45) is 10.2 Å². The Morgan fingerprint density at radius 1 is 1.34 bits per heavy atom. The van der Waals surface area contributed by atoms with Crippen molar-refractivity contribution in [3.8, 4) is 5.75 Å². The third-order valence-corrected chi connectivity index (χ3v) is 5.41. The summed E-state index contributed by atoms with van der Waals surface area (Å²) in [5, 5.41) is 19.3. The highest BCUT2D eigenvalue weighted by atomic mass is 35.5. The summed E-state index contributed by atoms with van der Waals surface area (Å²) in [5.74, 6) is -0.846. The van der Waals surface area contributed by atoms with Gasteiger partial charge >= 0.3 is 5.97 Å². The molecule has 0 spiro atoms. The van der Waals surface area contributed by atoms with Crippen LogP contribution in [0.25, 0.3) is 0 Å². The largest absolute Gasteiger partial charge is 0.488 e. The van der Waals surface area contributed by atoms with Gasteiger partial charge in [0.1, 0.15) is 17.6 Å². The van der Waals surface area contributed by atoms with Crippen LogP contribution in [0.15, 0.2) is 52.7 Å². The molecule has 7 nitrogen and oxygen atoms in total. The Hall–Kier alpha value is -2.84. The minimum Gasteiger partial charge on any atom is -0.488 e. The summed E-state index contributed by atoms with van der Waals surface area (Å²) >= 11 is 7.12. The zero-order valence-corrected chi connectivity index (χ0v) is 17.0. The molecule has 0 saturated carbocycles. The van der Waals surface area contributed by atoms with Gasteiger partial charge in [0, 0.05) is 10.6 Å². The molecule has 1 unspecified atom stereocenters. The highest BCUT2D eigenvalue weighted by Gasteiger charge is 2.32. The third-order valence-electron chi connectivity index (χ3n) is 4.10. The van der Waals surface area contributed by atoms with Crippen LogP contribution in [0.2, 0.25) is 5.02 Å². The van der Waals surface area contributed by atoms with Crippen molar-refractivity contribution in [2.45, 2.75) is 25.2 Å². The van der Waals surface area contributed by atoms with Gasteiger partial charge in [0.15, 0.2) is 5.17 Å². The Kier molecular flexibility index (Phi) is 6.90. The smallest absolute Gasteiger partial charge is 0.305 e. The van der Waals surface area contributed by atoms with Crippen molar-refractivity contribution in [1.82, 2.24) is 5.32 Å². The summed E-state index contributed by atoms with van der Waals surface area (Å²) in [6, 6.07) is 13.1. The molecule has 1 atom stereocenters. The van der Waals surface area contributed by atoms with E-state index in [4.69, 9.17) is 21.4 Å². The fourth-order valence-corrected chi connectivity index (χ4v) is 3.66. The standard InChI is InChI=1S/C20H18ClN3O4S/c1-12-4-2-3-5-13(12)11-28-16-7-6-15(21)8-14(16)10-22-24-20-23-19(27)17(29-20)9-18(25)26/h2-8,10,17H,9,11H2,1H3,(H,25,26)(H,23,24,27). The number of aliphatic carboxylic acids is 1. The van der Waals surface area contributed by atoms with Gasteiger partial charge in [-0.05, 0) is 36.2 Å². The molecular weight excluding hydrogens is 414 g/mol. The molecule has 9 heteroatoms. The van der Waals surface area contributed by atoms with Gasteiger partial charge in [-0.1, -0.05) is 47.6 Å². The summed E-state index contributed by atoms with van der Waals surface area (Å²) in [6.07, 6.45) is 1.20. The Morgan fingerprint density at radius 2 is 2.14 bits per heavy atom. The molecule has 29 heavy (non-hydrogen) atoms. The van der Waals surface area contributed by atoms with Crippen molar-refractivity contribution < 1.29 is 19.4 Å². The van der Waals surface area contributed by atoms with E-state index in [0.29, 0.717) is 22.9 Å². The lowest BCUT2D eigenvalue weighted by Gasteiger charge is -2.11. The molecule has 2 aromatic carbocycles. The Morgan fingerprint density at radius 3 is 2.90 bits per heavy atom. The van der Waals surface area contributed by atoms with Crippen molar-refractivity contribution in [3.05, 3.63) is 64.2 Å². The maximum Gasteiger partial charge on any atom is 0.305 e. The fraction of sp³-hybridized carbons (Fsp3) is 0.200. The number of hydrogen-bond donors (Lipinski definition) is 2. The SMILES string of the molecule is Cc1ccccc1COc1ccc(Cl)cc1C=NN=C1NC(=O)C(CC(=O)O)S1. The fourth-order valence-electron chi connectivity index (χ4n) is 2.57. The number of benzene rings is 2. The van der Waals surface area contributed by atoms with Crippen LogP contribution in [0.3, 0.4) is 0 Å². The lowest BCUT2D eigenvalue weighted by atomic mass is 10.1. The van der Waals surface area contributed by atoms with E-state index in [0.717, 1.165) is 22.9 Å². The number of carboxylic acid groups (broad SMARTS) is 1. The zero-order valence-electron chi connectivity index (χ0n) is 15.5. The van der Waals surface area contributed by atoms with Crippen LogP contribution in [0.4, 0.5) is 0 Å². The van der Waals surface area contributed by atoms with Crippen molar-refractivity contribution in [3.63, 3.8) is 0 Å². The number of halogens is 1. The van der Waals surface area contributed by atoms with E-state index >= 15 is 0 Å². The number of rotatable bonds is 7. The summed E-state index contributed by atoms with van der Waals surface area (Å²) < 4.78 is 5.92. The number of aryl methyl sites for hydroxylation is 1. The molecule has 2 aromatic rings. The van der Waals surface area contributed by atoms with E-state index < -0.39 is 17.1 Å². The first-order chi connectivity index (χ1) is 13.9. The van der Waals surface area contributed by atoms with E-state index in [1.807, 2.05) is 31.2 Å². The second kappa shape index (κ2) is 9.58. The summed E-state index contributed by atoms with van der Waals surface area (Å²) in [5.41, 5.74) is 2.83. The first kappa shape index (κ1) is 20.9. The van der Waals surface area contributed by atoms with Gasteiger partial charge in [-0.2, -0.15) is 5.10 Å². The first-order valence-corrected chi connectivity index (χ1v) is 9.95. The van der Waals surface area contributed by atoms with Crippen LogP contribution in [0, 0.1) is 6.92 Å². The summed E-state index contributed by atoms with van der Waals surface area (Å²) in [7, 11) is 0. The van der Waals surface area contributed by atoms with Gasteiger partial charge in [0.2, 0.25) is 5.91 Å². The molecule has 1 amide bonds. The second-order valence-corrected chi connectivity index (χ2v) is 7.87. The highest BCUT2D eigenvalue weighted by molar-refractivity contribution is 8.15.